The van der Waals surface area contributed by atoms with Gasteiger partial charge in [-0.25, -0.2) is 0 Å². The molecule has 3 N–H and O–H groups in total. The molecule has 110 valence electrons. The Kier molecular flexibility index (Phi) is 6.45. The van der Waals surface area contributed by atoms with Gasteiger partial charge < -0.3 is 20.6 Å². The summed E-state index contributed by atoms with van der Waals surface area (Å²) in [7, 11) is 1.57. The summed E-state index contributed by atoms with van der Waals surface area (Å²) in [4.78, 5) is 18.2. The highest BCUT2D eigenvalue weighted by molar-refractivity contribution is 5.95. The summed E-state index contributed by atoms with van der Waals surface area (Å²) in [6.45, 7) is 2.99. The lowest BCUT2D eigenvalue weighted by molar-refractivity contribution is 0.0699. The number of rotatable bonds is 7. The summed E-state index contributed by atoms with van der Waals surface area (Å²) >= 11 is 0. The number of carbonyl (C=O) groups excluding carboxylic acids is 1. The molecule has 0 aliphatic carbocycles. The second kappa shape index (κ2) is 8.11. The van der Waals surface area contributed by atoms with E-state index in [0.29, 0.717) is 37.4 Å². The average molecular weight is 280 g/mol. The topological polar surface area (TPSA) is 101 Å². The summed E-state index contributed by atoms with van der Waals surface area (Å²) in [5.41, 5.74) is 6.65. The molecule has 0 unspecified atom stereocenters. The Balaban J connectivity index is 2.81. The number of oxime groups is 1. The van der Waals surface area contributed by atoms with E-state index in [4.69, 9.17) is 15.7 Å². The van der Waals surface area contributed by atoms with Gasteiger partial charge in [-0.1, -0.05) is 5.16 Å². The Bertz CT molecular complexity index is 476. The zero-order valence-electron chi connectivity index (χ0n) is 11.7. The van der Waals surface area contributed by atoms with Crippen LogP contribution < -0.4 is 5.73 Å². The van der Waals surface area contributed by atoms with Crippen molar-refractivity contribution in [2.45, 2.75) is 13.3 Å². The number of hydrogen-bond acceptors (Lipinski definition) is 5. The lowest BCUT2D eigenvalue weighted by Crippen LogP contribution is -2.37. The molecule has 1 amide bonds. The number of nitrogens with zero attached hydrogens (tertiary/aromatic N) is 3. The van der Waals surface area contributed by atoms with E-state index in [0.717, 1.165) is 0 Å². The van der Waals surface area contributed by atoms with Crippen molar-refractivity contribution in [1.82, 2.24) is 9.88 Å². The maximum atomic E-state index is 12.5. The summed E-state index contributed by atoms with van der Waals surface area (Å²) in [5.74, 6) is -0.0542. The Morgan fingerprint density at radius 1 is 1.55 bits per heavy atom. The maximum Gasteiger partial charge on any atom is 0.255 e. The van der Waals surface area contributed by atoms with E-state index in [1.807, 2.05) is 0 Å². The SMILES string of the molecule is COCCN(CC/C(N)=N/O)C(=O)c1cccnc1C. The second-order valence-corrected chi connectivity index (χ2v) is 4.26. The first-order chi connectivity index (χ1) is 9.60. The minimum Gasteiger partial charge on any atom is -0.409 e. The van der Waals surface area contributed by atoms with E-state index < -0.39 is 0 Å². The molecule has 7 nitrogen and oxygen atoms in total. The van der Waals surface area contributed by atoms with Gasteiger partial charge in [0, 0.05) is 38.5 Å². The van der Waals surface area contributed by atoms with Gasteiger partial charge in [0.05, 0.1) is 12.2 Å². The van der Waals surface area contributed by atoms with Crippen LogP contribution in [-0.4, -0.2) is 53.6 Å². The van der Waals surface area contributed by atoms with Crippen molar-refractivity contribution in [1.29, 1.82) is 0 Å². The molecule has 0 spiro atoms. The van der Waals surface area contributed by atoms with Crippen LogP contribution in [0.2, 0.25) is 0 Å². The van der Waals surface area contributed by atoms with Crippen molar-refractivity contribution in [2.75, 3.05) is 26.8 Å². The van der Waals surface area contributed by atoms with E-state index in [1.54, 1.807) is 37.3 Å². The third kappa shape index (κ3) is 4.51. The number of amidine groups is 1. The number of pyridine rings is 1. The molecule has 1 aromatic heterocycles. The fraction of sp³-hybridized carbons (Fsp3) is 0.462. The van der Waals surface area contributed by atoms with Crippen LogP contribution in [0.4, 0.5) is 0 Å². The van der Waals surface area contributed by atoms with Gasteiger partial charge in [0.2, 0.25) is 0 Å². The van der Waals surface area contributed by atoms with Crippen LogP contribution in [0.3, 0.4) is 0 Å². The largest absolute Gasteiger partial charge is 0.409 e. The Morgan fingerprint density at radius 2 is 2.30 bits per heavy atom. The molecule has 0 fully saturated rings. The van der Waals surface area contributed by atoms with E-state index in [9.17, 15) is 4.79 Å². The molecule has 20 heavy (non-hydrogen) atoms. The van der Waals surface area contributed by atoms with Gasteiger partial charge in [-0.3, -0.25) is 9.78 Å². The lowest BCUT2D eigenvalue weighted by atomic mass is 10.1. The predicted octanol–water partition coefficient (Wildman–Crippen LogP) is 0.615. The van der Waals surface area contributed by atoms with Gasteiger partial charge in [-0.05, 0) is 19.1 Å². The maximum absolute atomic E-state index is 12.5. The summed E-state index contributed by atoms with van der Waals surface area (Å²) < 4.78 is 5.00. The number of amides is 1. The quantitative estimate of drug-likeness (QED) is 0.330. The zero-order valence-corrected chi connectivity index (χ0v) is 11.7. The van der Waals surface area contributed by atoms with Gasteiger partial charge in [0.25, 0.3) is 5.91 Å². The minimum absolute atomic E-state index is 0.0862. The normalized spacial score (nSPS) is 11.4. The fourth-order valence-corrected chi connectivity index (χ4v) is 1.70. The number of methoxy groups -OCH3 is 1. The van der Waals surface area contributed by atoms with Crippen LogP contribution in [0.1, 0.15) is 22.5 Å². The van der Waals surface area contributed by atoms with Gasteiger partial charge in [-0.15, -0.1) is 0 Å². The standard InChI is InChI=1S/C13H20N4O3/c1-10-11(4-3-6-15-10)13(18)17(8-9-20-2)7-5-12(14)16-19/h3-4,6,19H,5,7-9H2,1-2H3,(H2,14,16). The van der Waals surface area contributed by atoms with Crippen LogP contribution in [0.15, 0.2) is 23.5 Å². The number of nitrogens with two attached hydrogens (primary N) is 1. The van der Waals surface area contributed by atoms with Gasteiger partial charge >= 0.3 is 0 Å². The van der Waals surface area contributed by atoms with Crippen molar-refractivity contribution in [2.24, 2.45) is 10.9 Å². The summed E-state index contributed by atoms with van der Waals surface area (Å²) in [6.07, 6.45) is 1.94. The number of aryl methyl sites for hydroxylation is 1. The Hall–Kier alpha value is -2.15. The first kappa shape index (κ1) is 15.9. The first-order valence-corrected chi connectivity index (χ1v) is 6.26. The van der Waals surface area contributed by atoms with Gasteiger partial charge in [0.1, 0.15) is 5.84 Å². The van der Waals surface area contributed by atoms with Crippen molar-refractivity contribution in [3.05, 3.63) is 29.6 Å². The average Bonchev–Trinajstić information content (AvgIpc) is 2.47. The molecular formula is C13H20N4O3. The van der Waals surface area contributed by atoms with Crippen molar-refractivity contribution < 1.29 is 14.7 Å². The summed E-state index contributed by atoms with van der Waals surface area (Å²) in [5, 5.41) is 11.5. The molecule has 7 heteroatoms. The molecule has 1 heterocycles. The van der Waals surface area contributed by atoms with Crippen LogP contribution >= 0.6 is 0 Å². The smallest absolute Gasteiger partial charge is 0.255 e. The molecule has 0 aliphatic rings. The van der Waals surface area contributed by atoms with Crippen LogP contribution in [0.25, 0.3) is 0 Å². The van der Waals surface area contributed by atoms with Crippen molar-refractivity contribution in [3.63, 3.8) is 0 Å². The van der Waals surface area contributed by atoms with Gasteiger partial charge in [0.15, 0.2) is 0 Å². The highest BCUT2D eigenvalue weighted by atomic mass is 16.5. The fourth-order valence-electron chi connectivity index (χ4n) is 1.70. The third-order valence-corrected chi connectivity index (χ3v) is 2.86. The van der Waals surface area contributed by atoms with Crippen LogP contribution in [0.5, 0.6) is 0 Å². The van der Waals surface area contributed by atoms with E-state index in [-0.39, 0.29) is 11.7 Å². The number of aromatic nitrogens is 1. The Labute approximate surface area is 118 Å². The highest BCUT2D eigenvalue weighted by Crippen LogP contribution is 2.09. The molecule has 1 rings (SSSR count). The van der Waals surface area contributed by atoms with E-state index >= 15 is 0 Å². The first-order valence-electron chi connectivity index (χ1n) is 6.26. The Morgan fingerprint density at radius 3 is 2.90 bits per heavy atom. The van der Waals surface area contributed by atoms with Crippen LogP contribution in [-0.2, 0) is 4.74 Å². The summed E-state index contributed by atoms with van der Waals surface area (Å²) in [6, 6.07) is 3.45. The van der Waals surface area contributed by atoms with Gasteiger partial charge in [-0.2, -0.15) is 0 Å². The highest BCUT2D eigenvalue weighted by Gasteiger charge is 2.18. The molecular weight excluding hydrogens is 260 g/mol. The molecule has 0 aliphatic heterocycles. The van der Waals surface area contributed by atoms with Crippen molar-refractivity contribution in [3.8, 4) is 0 Å². The molecule has 0 bridgehead atoms. The monoisotopic (exact) mass is 280 g/mol. The molecule has 0 saturated carbocycles. The third-order valence-electron chi connectivity index (χ3n) is 2.86. The van der Waals surface area contributed by atoms with Crippen LogP contribution in [0, 0.1) is 6.92 Å². The molecule has 0 aromatic carbocycles. The number of hydrogen-bond donors (Lipinski definition) is 2. The zero-order chi connectivity index (χ0) is 15.0. The van der Waals surface area contributed by atoms with Crippen molar-refractivity contribution >= 4 is 11.7 Å². The number of carbonyl (C=O) groups is 1. The van der Waals surface area contributed by atoms with E-state index in [1.165, 1.54) is 0 Å². The molecule has 0 saturated heterocycles. The molecule has 0 atom stereocenters. The molecule has 1 aromatic rings. The second-order valence-electron chi connectivity index (χ2n) is 4.26. The predicted molar refractivity (Wildman–Crippen MR) is 74.8 cm³/mol. The minimum atomic E-state index is -0.140. The lowest BCUT2D eigenvalue weighted by Gasteiger charge is -2.22. The molecule has 0 radical (unpaired) electrons. The van der Waals surface area contributed by atoms with E-state index in [2.05, 4.69) is 10.1 Å². The number of ether oxygens (including phenoxy) is 1.